The van der Waals surface area contributed by atoms with E-state index in [1.165, 1.54) is 6.26 Å². The Kier molecular flexibility index (Phi) is 4.39. The maximum atomic E-state index is 12.5. The van der Waals surface area contributed by atoms with Crippen molar-refractivity contribution in [2.75, 3.05) is 38.3 Å². The SMILES string of the molecule is CN(C)c1ccc(-c2ccc(=O)n3c2[C@@H]2C[C@@H](CN(S(C)(=O)=O)C2)C3)cc1. The van der Waals surface area contributed by atoms with Gasteiger partial charge in [-0.1, -0.05) is 12.1 Å². The number of hydrogen-bond donors (Lipinski definition) is 0. The Hall–Kier alpha value is -2.12. The molecule has 0 aliphatic carbocycles. The van der Waals surface area contributed by atoms with Crippen LogP contribution >= 0.6 is 0 Å². The Morgan fingerprint density at radius 1 is 1.00 bits per heavy atom. The summed E-state index contributed by atoms with van der Waals surface area (Å²) in [7, 11) is 0.769. The van der Waals surface area contributed by atoms with Gasteiger partial charge in [0.15, 0.2) is 0 Å². The van der Waals surface area contributed by atoms with Gasteiger partial charge in [-0.2, -0.15) is 0 Å². The lowest BCUT2D eigenvalue weighted by molar-refractivity contribution is 0.187. The molecule has 1 saturated heterocycles. The number of pyridine rings is 1. The van der Waals surface area contributed by atoms with Crippen LogP contribution in [0.3, 0.4) is 0 Å². The number of fused-ring (bicyclic) bond motifs is 4. The Morgan fingerprint density at radius 3 is 2.33 bits per heavy atom. The molecule has 27 heavy (non-hydrogen) atoms. The van der Waals surface area contributed by atoms with Crippen molar-refractivity contribution < 1.29 is 8.42 Å². The monoisotopic (exact) mass is 387 g/mol. The van der Waals surface area contributed by atoms with Crippen molar-refractivity contribution >= 4 is 15.7 Å². The maximum Gasteiger partial charge on any atom is 0.250 e. The van der Waals surface area contributed by atoms with Crippen molar-refractivity contribution in [2.24, 2.45) is 5.92 Å². The number of nitrogens with zero attached hydrogens (tertiary/aromatic N) is 3. The first-order valence-corrected chi connectivity index (χ1v) is 11.1. The number of anilines is 1. The highest BCUT2D eigenvalue weighted by molar-refractivity contribution is 7.88. The van der Waals surface area contributed by atoms with Crippen LogP contribution in [0.5, 0.6) is 0 Å². The van der Waals surface area contributed by atoms with Crippen LogP contribution in [-0.4, -0.2) is 50.7 Å². The third-order valence-corrected chi connectivity index (χ3v) is 6.96. The van der Waals surface area contributed by atoms with Gasteiger partial charge in [0.05, 0.1) is 6.26 Å². The lowest BCUT2D eigenvalue weighted by Gasteiger charge is -2.42. The van der Waals surface area contributed by atoms with Gasteiger partial charge in [0, 0.05) is 62.7 Å². The maximum absolute atomic E-state index is 12.5. The van der Waals surface area contributed by atoms with Gasteiger partial charge < -0.3 is 9.47 Å². The zero-order chi connectivity index (χ0) is 19.3. The van der Waals surface area contributed by atoms with Crippen LogP contribution in [0.1, 0.15) is 18.0 Å². The molecule has 1 aromatic heterocycles. The smallest absolute Gasteiger partial charge is 0.250 e. The van der Waals surface area contributed by atoms with Gasteiger partial charge in [-0.15, -0.1) is 0 Å². The van der Waals surface area contributed by atoms with E-state index in [0.717, 1.165) is 28.9 Å². The summed E-state index contributed by atoms with van der Waals surface area (Å²) < 4.78 is 27.7. The molecule has 0 unspecified atom stereocenters. The molecule has 2 bridgehead atoms. The molecule has 0 radical (unpaired) electrons. The number of benzene rings is 1. The molecule has 4 rings (SSSR count). The molecular weight excluding hydrogens is 362 g/mol. The molecule has 2 aliphatic heterocycles. The van der Waals surface area contributed by atoms with Crippen molar-refractivity contribution in [2.45, 2.75) is 18.9 Å². The highest BCUT2D eigenvalue weighted by Crippen LogP contribution is 2.40. The summed E-state index contributed by atoms with van der Waals surface area (Å²) in [4.78, 5) is 14.6. The van der Waals surface area contributed by atoms with Crippen LogP contribution in [0.4, 0.5) is 5.69 Å². The summed E-state index contributed by atoms with van der Waals surface area (Å²) >= 11 is 0. The second-order valence-corrected chi connectivity index (χ2v) is 9.88. The Morgan fingerprint density at radius 2 is 1.70 bits per heavy atom. The summed E-state index contributed by atoms with van der Waals surface area (Å²) in [5, 5.41) is 0. The molecule has 6 nitrogen and oxygen atoms in total. The summed E-state index contributed by atoms with van der Waals surface area (Å²) in [6.45, 7) is 1.53. The average molecular weight is 388 g/mol. The fraction of sp³-hybridized carbons (Fsp3) is 0.450. The molecule has 1 aromatic carbocycles. The van der Waals surface area contributed by atoms with Crippen molar-refractivity contribution in [1.82, 2.24) is 8.87 Å². The topological polar surface area (TPSA) is 62.6 Å². The fourth-order valence-electron chi connectivity index (χ4n) is 4.43. The number of rotatable bonds is 3. The Bertz CT molecular complexity index is 1030. The minimum Gasteiger partial charge on any atom is -0.378 e. The van der Waals surface area contributed by atoms with Crippen molar-refractivity contribution in [3.8, 4) is 11.1 Å². The first kappa shape index (κ1) is 18.3. The van der Waals surface area contributed by atoms with Gasteiger partial charge in [0.25, 0.3) is 5.56 Å². The van der Waals surface area contributed by atoms with E-state index in [1.54, 1.807) is 10.4 Å². The lowest BCUT2D eigenvalue weighted by Crippen LogP contribution is -2.49. The van der Waals surface area contributed by atoms with Gasteiger partial charge in [-0.25, -0.2) is 12.7 Å². The first-order valence-electron chi connectivity index (χ1n) is 9.20. The third-order valence-electron chi connectivity index (χ3n) is 5.72. The molecule has 2 aromatic rings. The molecule has 0 N–H and O–H groups in total. The standard InChI is InChI=1S/C20H25N3O3S/c1-21(2)17-6-4-15(5-7-17)18-8-9-19(24)23-12-14-10-16(20(18)23)13-22(11-14)27(3,25)26/h4-9,14,16H,10-13H2,1-3H3/t14-,16+/m0/s1. The second kappa shape index (κ2) is 6.49. The van der Waals surface area contributed by atoms with Crippen LogP contribution in [0, 0.1) is 5.92 Å². The summed E-state index contributed by atoms with van der Waals surface area (Å²) in [5.41, 5.74) is 4.17. The van der Waals surface area contributed by atoms with E-state index < -0.39 is 10.0 Å². The van der Waals surface area contributed by atoms with Gasteiger partial charge in [0.1, 0.15) is 0 Å². The number of aromatic nitrogens is 1. The molecule has 144 valence electrons. The van der Waals surface area contributed by atoms with E-state index in [1.807, 2.05) is 29.6 Å². The number of hydrogen-bond acceptors (Lipinski definition) is 4. The Labute approximate surface area is 160 Å². The lowest BCUT2D eigenvalue weighted by atomic mass is 9.81. The van der Waals surface area contributed by atoms with E-state index in [-0.39, 0.29) is 17.4 Å². The van der Waals surface area contributed by atoms with E-state index in [0.29, 0.717) is 19.6 Å². The van der Waals surface area contributed by atoms with E-state index in [4.69, 9.17) is 0 Å². The van der Waals surface area contributed by atoms with Crippen molar-refractivity contribution in [3.05, 3.63) is 52.4 Å². The zero-order valence-electron chi connectivity index (χ0n) is 15.9. The third kappa shape index (κ3) is 3.30. The van der Waals surface area contributed by atoms with Gasteiger partial charge in [-0.3, -0.25) is 4.79 Å². The quantitative estimate of drug-likeness (QED) is 0.808. The number of piperidine rings is 1. The van der Waals surface area contributed by atoms with Crippen molar-refractivity contribution in [3.63, 3.8) is 0 Å². The van der Waals surface area contributed by atoms with E-state index >= 15 is 0 Å². The summed E-state index contributed by atoms with van der Waals surface area (Å²) in [5.74, 6) is 0.236. The van der Waals surface area contributed by atoms with Gasteiger partial charge in [-0.05, 0) is 36.1 Å². The summed E-state index contributed by atoms with van der Waals surface area (Å²) in [6, 6.07) is 11.8. The molecule has 2 aliphatic rings. The predicted octanol–water partition coefficient (Wildman–Crippen LogP) is 1.96. The molecule has 0 spiro atoms. The molecule has 2 atom stereocenters. The first-order chi connectivity index (χ1) is 12.7. The summed E-state index contributed by atoms with van der Waals surface area (Å²) in [6.07, 6.45) is 2.20. The molecule has 3 heterocycles. The minimum atomic E-state index is -3.23. The largest absolute Gasteiger partial charge is 0.378 e. The van der Waals surface area contributed by atoms with Crippen molar-refractivity contribution in [1.29, 1.82) is 0 Å². The van der Waals surface area contributed by atoms with Crippen LogP contribution in [0.2, 0.25) is 0 Å². The molecule has 0 amide bonds. The molecule has 1 fully saturated rings. The van der Waals surface area contributed by atoms with E-state index in [9.17, 15) is 13.2 Å². The van der Waals surface area contributed by atoms with Crippen LogP contribution in [0.25, 0.3) is 11.1 Å². The molecule has 0 saturated carbocycles. The minimum absolute atomic E-state index is 0.00108. The number of sulfonamides is 1. The highest BCUT2D eigenvalue weighted by Gasteiger charge is 2.38. The predicted molar refractivity (Wildman–Crippen MR) is 108 cm³/mol. The van der Waals surface area contributed by atoms with Gasteiger partial charge >= 0.3 is 0 Å². The fourth-order valence-corrected chi connectivity index (χ4v) is 5.36. The zero-order valence-corrected chi connectivity index (χ0v) is 16.7. The van der Waals surface area contributed by atoms with Crippen LogP contribution in [-0.2, 0) is 16.6 Å². The van der Waals surface area contributed by atoms with E-state index in [2.05, 4.69) is 24.3 Å². The Balaban J connectivity index is 1.81. The molecular formula is C20H25N3O3S. The molecule has 7 heteroatoms. The second-order valence-electron chi connectivity index (χ2n) is 7.90. The van der Waals surface area contributed by atoms with Crippen LogP contribution in [0.15, 0.2) is 41.2 Å². The highest BCUT2D eigenvalue weighted by atomic mass is 32.2. The normalized spacial score (nSPS) is 22.3. The van der Waals surface area contributed by atoms with Crippen LogP contribution < -0.4 is 10.5 Å². The average Bonchev–Trinajstić information content (AvgIpc) is 2.62. The van der Waals surface area contributed by atoms with Gasteiger partial charge in [0.2, 0.25) is 10.0 Å².